The van der Waals surface area contributed by atoms with E-state index in [1.54, 1.807) is 55.9 Å². The van der Waals surface area contributed by atoms with Crippen LogP contribution in [0.1, 0.15) is 34.6 Å². The summed E-state index contributed by atoms with van der Waals surface area (Å²) in [6.07, 6.45) is 3.45. The van der Waals surface area contributed by atoms with E-state index in [-0.39, 0.29) is 35.7 Å². The predicted octanol–water partition coefficient (Wildman–Crippen LogP) is 7.63. The largest absolute Gasteiger partial charge is 0.497 e. The number of hydrogen-bond acceptors (Lipinski definition) is 6. The summed E-state index contributed by atoms with van der Waals surface area (Å²) in [4.78, 5) is 16.7. The van der Waals surface area contributed by atoms with Gasteiger partial charge in [-0.25, -0.2) is 8.42 Å². The van der Waals surface area contributed by atoms with Gasteiger partial charge in [-0.15, -0.1) is 0 Å². The number of ether oxygens (including phenoxy) is 2. The van der Waals surface area contributed by atoms with Gasteiger partial charge < -0.3 is 9.47 Å². The van der Waals surface area contributed by atoms with Crippen LogP contribution in [0.4, 0.5) is 0 Å². The second-order valence-corrected chi connectivity index (χ2v) is 12.2. The molecule has 0 aliphatic rings. The second-order valence-electron chi connectivity index (χ2n) is 10.3. The summed E-state index contributed by atoms with van der Waals surface area (Å²) >= 11 is 0. The molecule has 0 aliphatic heterocycles. The first-order valence-electron chi connectivity index (χ1n) is 12.3. The van der Waals surface area contributed by atoms with Gasteiger partial charge in [-0.05, 0) is 76.2 Å². The fourth-order valence-electron chi connectivity index (χ4n) is 4.14. The number of pyridine rings is 1. The number of hydrogen-bond donors (Lipinski definition) is 0. The molecule has 0 radical (unpaired) electrons. The van der Waals surface area contributed by atoms with Crippen molar-refractivity contribution < 1.29 is 22.7 Å². The molecule has 0 saturated heterocycles. The van der Waals surface area contributed by atoms with Gasteiger partial charge in [0.2, 0.25) is 0 Å². The smallest absolute Gasteiger partial charge is 0.189 e. The van der Waals surface area contributed by atoms with Gasteiger partial charge in [-0.1, -0.05) is 58.5 Å². The summed E-state index contributed by atoms with van der Waals surface area (Å²) in [6.45, 7) is 5.73. The van der Waals surface area contributed by atoms with E-state index < -0.39 is 15.6 Å². The first kappa shape index (κ1) is 29.6. The Kier molecular flexibility index (Phi) is 9.30. The summed E-state index contributed by atoms with van der Waals surface area (Å²) in [5.41, 5.74) is 3.06. The Hall–Kier alpha value is -3.97. The molecule has 0 amide bonds. The molecule has 0 bridgehead atoms. The molecule has 6 nitrogen and oxygen atoms in total. The van der Waals surface area contributed by atoms with Gasteiger partial charge in [0.05, 0.1) is 7.11 Å². The summed E-state index contributed by atoms with van der Waals surface area (Å²) in [5, 5.41) is 0. The van der Waals surface area contributed by atoms with Crippen molar-refractivity contribution in [1.29, 1.82) is 0 Å². The molecule has 4 aromatic rings. The number of rotatable bonds is 9. The van der Waals surface area contributed by atoms with Gasteiger partial charge in [0.1, 0.15) is 33.7 Å². The van der Waals surface area contributed by atoms with Crippen LogP contribution < -0.4 is 9.47 Å². The van der Waals surface area contributed by atoms with Crippen LogP contribution in [0.5, 0.6) is 17.2 Å². The van der Waals surface area contributed by atoms with E-state index in [4.69, 9.17) is 9.47 Å². The van der Waals surface area contributed by atoms with E-state index in [9.17, 15) is 13.2 Å². The van der Waals surface area contributed by atoms with Crippen molar-refractivity contribution >= 4 is 15.6 Å². The quantitative estimate of drug-likeness (QED) is 0.215. The number of sulfone groups is 1. The highest BCUT2D eigenvalue weighted by Crippen LogP contribution is 2.35. The molecule has 4 rings (SSSR count). The summed E-state index contributed by atoms with van der Waals surface area (Å²) < 4.78 is 38.5. The number of carbonyl (C=O) groups is 1. The highest BCUT2D eigenvalue weighted by Gasteiger charge is 2.27. The van der Waals surface area contributed by atoms with Crippen LogP contribution in [0.2, 0.25) is 0 Å². The van der Waals surface area contributed by atoms with Gasteiger partial charge in [0, 0.05) is 18.8 Å². The van der Waals surface area contributed by atoms with Crippen molar-refractivity contribution in [2.75, 3.05) is 12.9 Å². The molecule has 7 heteroatoms. The maximum absolute atomic E-state index is 13.5. The Labute approximate surface area is 231 Å². The molecule has 1 aromatic heterocycles. The minimum Gasteiger partial charge on any atom is -0.497 e. The molecule has 3 aromatic carbocycles. The summed E-state index contributed by atoms with van der Waals surface area (Å²) in [7, 11) is -2.37. The summed E-state index contributed by atoms with van der Waals surface area (Å²) in [5.74, 6) is 0.475. The second kappa shape index (κ2) is 12.3. The molecule has 0 aliphatic carbocycles. The van der Waals surface area contributed by atoms with Crippen LogP contribution in [-0.4, -0.2) is 32.0 Å². The lowest BCUT2D eigenvalue weighted by molar-refractivity contribution is -0.118. The molecule has 0 unspecified atom stereocenters. The lowest BCUT2D eigenvalue weighted by Gasteiger charge is -2.18. The maximum Gasteiger partial charge on any atom is 0.189 e. The SMILES string of the molecule is C.COc1ccc(-c2cccc(Oc3ccc(-c4ccncc4)cc3S(=O)(=O)CC(=O)CC(C)(C)C)c2)cc1. The minimum atomic E-state index is -3.99. The van der Waals surface area contributed by atoms with E-state index in [2.05, 4.69) is 4.98 Å². The standard InChI is InChI=1S/C31H31NO5S.CH4/c1-31(2,3)20-26(33)21-38(34,35)30-19-25(23-14-16-32-17-15-23)10-13-29(30)37-28-7-5-6-24(18-28)22-8-11-27(36-4)12-9-22;/h5-19H,20-21H2,1-4H3;1H4. The molecular weight excluding hydrogens is 510 g/mol. The normalized spacial score (nSPS) is 11.4. The molecule has 0 atom stereocenters. The van der Waals surface area contributed by atoms with Crippen LogP contribution in [0.15, 0.2) is 96.2 Å². The van der Waals surface area contributed by atoms with E-state index >= 15 is 0 Å². The Morgan fingerprint density at radius 2 is 1.41 bits per heavy atom. The Balaban J connectivity index is 0.00000420. The van der Waals surface area contributed by atoms with Crippen molar-refractivity contribution in [2.24, 2.45) is 5.41 Å². The van der Waals surface area contributed by atoms with Gasteiger partial charge in [-0.2, -0.15) is 0 Å². The van der Waals surface area contributed by atoms with Gasteiger partial charge in [0.25, 0.3) is 0 Å². The highest BCUT2D eigenvalue weighted by atomic mass is 32.2. The number of Topliss-reactive ketones (excluding diaryl/α,β-unsaturated/α-hetero) is 1. The van der Waals surface area contributed by atoms with Crippen molar-refractivity contribution in [2.45, 2.75) is 39.5 Å². The third-order valence-electron chi connectivity index (χ3n) is 5.86. The average Bonchev–Trinajstić information content (AvgIpc) is 2.88. The molecular formula is C32H35NO5S. The average molecular weight is 546 g/mol. The number of ketones is 1. The van der Waals surface area contributed by atoms with Gasteiger partial charge in [-0.3, -0.25) is 9.78 Å². The number of nitrogens with zero attached hydrogens (tertiary/aromatic N) is 1. The third kappa shape index (κ3) is 7.77. The molecule has 39 heavy (non-hydrogen) atoms. The topological polar surface area (TPSA) is 82.6 Å². The van der Waals surface area contributed by atoms with Gasteiger partial charge in [0.15, 0.2) is 9.84 Å². The minimum absolute atomic E-state index is 0. The van der Waals surface area contributed by atoms with Crippen LogP contribution >= 0.6 is 0 Å². The monoisotopic (exact) mass is 545 g/mol. The Bertz CT molecular complexity index is 1520. The van der Waals surface area contributed by atoms with E-state index in [0.29, 0.717) is 11.3 Å². The lowest BCUT2D eigenvalue weighted by Crippen LogP contribution is -2.21. The molecule has 1 heterocycles. The fourth-order valence-corrected chi connectivity index (χ4v) is 5.55. The summed E-state index contributed by atoms with van der Waals surface area (Å²) in [6, 6.07) is 23.7. The first-order chi connectivity index (χ1) is 18.0. The number of methoxy groups -OCH3 is 1. The molecule has 0 spiro atoms. The van der Waals surface area contributed by atoms with Crippen LogP contribution in [0.25, 0.3) is 22.3 Å². The Morgan fingerprint density at radius 3 is 2.05 bits per heavy atom. The number of carbonyl (C=O) groups excluding carboxylic acids is 1. The van der Waals surface area contributed by atoms with Crippen molar-refractivity contribution in [3.63, 3.8) is 0 Å². The van der Waals surface area contributed by atoms with Gasteiger partial charge >= 0.3 is 0 Å². The van der Waals surface area contributed by atoms with E-state index in [1.165, 1.54) is 0 Å². The van der Waals surface area contributed by atoms with Crippen molar-refractivity contribution in [3.8, 4) is 39.5 Å². The zero-order valence-corrected chi connectivity index (χ0v) is 22.8. The van der Waals surface area contributed by atoms with Crippen LogP contribution in [0, 0.1) is 5.41 Å². The fraction of sp³-hybridized carbons (Fsp3) is 0.250. The number of benzene rings is 3. The third-order valence-corrected chi connectivity index (χ3v) is 7.55. The van der Waals surface area contributed by atoms with Crippen molar-refractivity contribution in [1.82, 2.24) is 4.98 Å². The Morgan fingerprint density at radius 1 is 0.795 bits per heavy atom. The molecule has 0 N–H and O–H groups in total. The molecule has 204 valence electrons. The zero-order valence-electron chi connectivity index (χ0n) is 22.0. The zero-order chi connectivity index (χ0) is 27.3. The van der Waals surface area contributed by atoms with Crippen LogP contribution in [-0.2, 0) is 14.6 Å². The lowest BCUT2D eigenvalue weighted by atomic mass is 9.90. The molecule has 0 fully saturated rings. The first-order valence-corrected chi connectivity index (χ1v) is 13.9. The van der Waals surface area contributed by atoms with E-state index in [0.717, 1.165) is 22.4 Å². The predicted molar refractivity (Wildman–Crippen MR) is 156 cm³/mol. The van der Waals surface area contributed by atoms with E-state index in [1.807, 2.05) is 63.2 Å². The highest BCUT2D eigenvalue weighted by molar-refractivity contribution is 7.92. The number of aromatic nitrogens is 1. The maximum atomic E-state index is 13.5. The van der Waals surface area contributed by atoms with Crippen LogP contribution in [0.3, 0.4) is 0 Å². The molecule has 0 saturated carbocycles. The van der Waals surface area contributed by atoms with Crippen molar-refractivity contribution in [3.05, 3.63) is 91.3 Å².